The maximum absolute atomic E-state index is 12.8. The monoisotopic (exact) mass is 367 g/mol. The van der Waals surface area contributed by atoms with Crippen LogP contribution >= 0.6 is 23.8 Å². The van der Waals surface area contributed by atoms with Gasteiger partial charge in [-0.05, 0) is 23.6 Å². The molecule has 3 aromatic carbocycles. The summed E-state index contributed by atoms with van der Waals surface area (Å²) in [6.07, 6.45) is 0. The van der Waals surface area contributed by atoms with Crippen LogP contribution in [0.3, 0.4) is 0 Å². The molecule has 122 valence electrons. The summed E-state index contributed by atoms with van der Waals surface area (Å²) in [6, 6.07) is 17.4. The number of hydrogen-bond acceptors (Lipinski definition) is 4. The Bertz CT molecular complexity index is 1010. The predicted octanol–water partition coefficient (Wildman–Crippen LogP) is 4.40. The van der Waals surface area contributed by atoms with E-state index in [1.165, 1.54) is 6.07 Å². The third-order valence-corrected chi connectivity index (χ3v) is 4.72. The topological polar surface area (TPSA) is 46.6 Å². The van der Waals surface area contributed by atoms with E-state index in [9.17, 15) is 9.59 Å². The van der Waals surface area contributed by atoms with Crippen LogP contribution in [0.1, 0.15) is 26.3 Å². The first-order valence-corrected chi connectivity index (χ1v) is 8.24. The lowest BCUT2D eigenvalue weighted by Crippen LogP contribution is -2.41. The van der Waals surface area contributed by atoms with Gasteiger partial charge in [0.15, 0.2) is 4.99 Å². The van der Waals surface area contributed by atoms with Gasteiger partial charge in [0.2, 0.25) is 0 Å². The van der Waals surface area contributed by atoms with Crippen molar-refractivity contribution in [2.45, 2.75) is 0 Å². The van der Waals surface area contributed by atoms with Crippen molar-refractivity contribution in [2.24, 2.45) is 0 Å². The molecule has 0 fully saturated rings. The van der Waals surface area contributed by atoms with Gasteiger partial charge < -0.3 is 4.84 Å². The molecule has 0 atom stereocenters. The summed E-state index contributed by atoms with van der Waals surface area (Å²) < 4.78 is 0. The Hall–Kier alpha value is -2.76. The molecular weight excluding hydrogens is 358 g/mol. The highest BCUT2D eigenvalue weighted by Crippen LogP contribution is 2.31. The first-order chi connectivity index (χ1) is 12.1. The van der Waals surface area contributed by atoms with Crippen molar-refractivity contribution in [3.8, 4) is 0 Å². The number of hydrogen-bond donors (Lipinski definition) is 0. The van der Waals surface area contributed by atoms with Gasteiger partial charge in [0, 0.05) is 10.9 Å². The number of halogens is 1. The average Bonchev–Trinajstić information content (AvgIpc) is 2.63. The Kier molecular flexibility index (Phi) is 3.75. The van der Waals surface area contributed by atoms with E-state index in [4.69, 9.17) is 28.7 Å². The van der Waals surface area contributed by atoms with Crippen molar-refractivity contribution in [2.75, 3.05) is 0 Å². The third kappa shape index (κ3) is 2.49. The lowest BCUT2D eigenvalue weighted by molar-refractivity contribution is -0.0381. The number of nitrogens with zero attached hydrogens (tertiary/aromatic N) is 1. The van der Waals surface area contributed by atoms with E-state index in [1.54, 1.807) is 36.4 Å². The van der Waals surface area contributed by atoms with Gasteiger partial charge in [0.1, 0.15) is 0 Å². The minimum atomic E-state index is -0.743. The molecule has 4 rings (SSSR count). The molecule has 0 aromatic heterocycles. The van der Waals surface area contributed by atoms with Gasteiger partial charge in [0.25, 0.3) is 5.91 Å². The molecule has 25 heavy (non-hydrogen) atoms. The molecule has 0 unspecified atom stereocenters. The zero-order chi connectivity index (χ0) is 17.6. The Balaban J connectivity index is 1.76. The highest BCUT2D eigenvalue weighted by Gasteiger charge is 2.33. The Morgan fingerprint density at radius 2 is 1.64 bits per heavy atom. The minimum absolute atomic E-state index is 0.148. The molecule has 0 bridgehead atoms. The van der Waals surface area contributed by atoms with Crippen LogP contribution in [0.5, 0.6) is 0 Å². The van der Waals surface area contributed by atoms with Crippen LogP contribution in [-0.2, 0) is 4.84 Å². The number of hydroxylamine groups is 2. The maximum Gasteiger partial charge on any atom is 0.365 e. The van der Waals surface area contributed by atoms with Crippen molar-refractivity contribution >= 4 is 51.5 Å². The summed E-state index contributed by atoms with van der Waals surface area (Å²) in [5, 5.41) is 2.77. The van der Waals surface area contributed by atoms with Crippen LogP contribution in [-0.4, -0.2) is 21.9 Å². The first kappa shape index (κ1) is 15.7. The maximum atomic E-state index is 12.8. The molecule has 0 spiro atoms. The standard InChI is InChI=1S/C19H10ClNO3S/c20-15-10-2-1-7-12(15)19(23)24-21-17(22)13-8-3-5-11-6-4-9-14(16(11)13)18(21)25/h1-10H. The summed E-state index contributed by atoms with van der Waals surface area (Å²) >= 11 is 11.4. The summed E-state index contributed by atoms with van der Waals surface area (Å²) in [7, 11) is 0. The number of rotatable bonds is 2. The first-order valence-electron chi connectivity index (χ1n) is 7.45. The second-order valence-corrected chi connectivity index (χ2v) is 6.27. The molecule has 1 aliphatic heterocycles. The molecule has 0 N–H and O–H groups in total. The molecule has 1 heterocycles. The molecular formula is C19H10ClNO3S. The Labute approximate surface area is 153 Å². The van der Waals surface area contributed by atoms with E-state index < -0.39 is 11.9 Å². The third-order valence-electron chi connectivity index (χ3n) is 4.00. The van der Waals surface area contributed by atoms with Crippen LogP contribution in [0, 0.1) is 0 Å². The molecule has 6 heteroatoms. The van der Waals surface area contributed by atoms with Crippen molar-refractivity contribution in [1.82, 2.24) is 5.06 Å². The van der Waals surface area contributed by atoms with E-state index in [0.717, 1.165) is 15.8 Å². The van der Waals surface area contributed by atoms with Gasteiger partial charge in [-0.1, -0.05) is 66.3 Å². The normalized spacial score (nSPS) is 13.2. The number of carbonyl (C=O) groups is 2. The molecule has 0 aliphatic carbocycles. The zero-order valence-corrected chi connectivity index (χ0v) is 14.3. The highest BCUT2D eigenvalue weighted by molar-refractivity contribution is 7.80. The quantitative estimate of drug-likeness (QED) is 0.630. The summed E-state index contributed by atoms with van der Waals surface area (Å²) in [5.74, 6) is -1.22. The summed E-state index contributed by atoms with van der Waals surface area (Å²) in [4.78, 5) is 30.7. The molecule has 4 nitrogen and oxygen atoms in total. The number of benzene rings is 3. The van der Waals surface area contributed by atoms with E-state index in [0.29, 0.717) is 11.1 Å². The fraction of sp³-hybridized carbons (Fsp3) is 0. The molecule has 1 aliphatic rings. The van der Waals surface area contributed by atoms with E-state index >= 15 is 0 Å². The van der Waals surface area contributed by atoms with Gasteiger partial charge in [-0.2, -0.15) is 0 Å². The molecule has 0 radical (unpaired) electrons. The zero-order valence-electron chi connectivity index (χ0n) is 12.7. The van der Waals surface area contributed by atoms with Gasteiger partial charge >= 0.3 is 5.97 Å². The van der Waals surface area contributed by atoms with Crippen LogP contribution in [0.15, 0.2) is 60.7 Å². The SMILES string of the molecule is O=C(ON1C(=O)c2cccc3cccc(c23)C1=S)c1ccccc1Cl. The fourth-order valence-corrected chi connectivity index (χ4v) is 3.35. The largest absolute Gasteiger partial charge is 0.365 e. The molecule has 3 aromatic rings. The van der Waals surface area contributed by atoms with Crippen molar-refractivity contribution in [3.05, 3.63) is 82.4 Å². The average molecular weight is 368 g/mol. The van der Waals surface area contributed by atoms with E-state index in [-0.39, 0.29) is 15.6 Å². The lowest BCUT2D eigenvalue weighted by atomic mass is 9.95. The van der Waals surface area contributed by atoms with Gasteiger partial charge in [-0.25, -0.2) is 4.79 Å². The molecule has 0 saturated carbocycles. The van der Waals surface area contributed by atoms with Crippen molar-refractivity contribution < 1.29 is 14.4 Å². The second-order valence-electron chi connectivity index (χ2n) is 5.47. The number of thiocarbonyl (C=S) groups is 1. The number of carbonyl (C=O) groups excluding carboxylic acids is 2. The van der Waals surface area contributed by atoms with Crippen molar-refractivity contribution in [3.63, 3.8) is 0 Å². The minimum Gasteiger partial charge on any atom is -0.327 e. The van der Waals surface area contributed by atoms with Gasteiger partial charge in [0.05, 0.1) is 16.1 Å². The smallest absolute Gasteiger partial charge is 0.327 e. The Morgan fingerprint density at radius 1 is 0.960 bits per heavy atom. The van der Waals surface area contributed by atoms with E-state index in [1.807, 2.05) is 18.2 Å². The highest BCUT2D eigenvalue weighted by atomic mass is 35.5. The molecule has 1 amide bonds. The summed E-state index contributed by atoms with van der Waals surface area (Å²) in [5.41, 5.74) is 1.28. The Morgan fingerprint density at radius 3 is 2.36 bits per heavy atom. The number of amides is 1. The van der Waals surface area contributed by atoms with Crippen LogP contribution in [0.25, 0.3) is 10.8 Å². The molecule has 0 saturated heterocycles. The van der Waals surface area contributed by atoms with Gasteiger partial charge in [-0.15, -0.1) is 5.06 Å². The van der Waals surface area contributed by atoms with Crippen LogP contribution in [0.4, 0.5) is 0 Å². The summed E-state index contributed by atoms with van der Waals surface area (Å²) in [6.45, 7) is 0. The second kappa shape index (κ2) is 5.95. The van der Waals surface area contributed by atoms with E-state index in [2.05, 4.69) is 0 Å². The fourth-order valence-electron chi connectivity index (χ4n) is 2.85. The van der Waals surface area contributed by atoms with Gasteiger partial charge in [-0.3, -0.25) is 4.79 Å². The predicted molar refractivity (Wildman–Crippen MR) is 98.7 cm³/mol. The van der Waals surface area contributed by atoms with Crippen LogP contribution < -0.4 is 0 Å². The van der Waals surface area contributed by atoms with Crippen LogP contribution in [0.2, 0.25) is 5.02 Å². The lowest BCUT2D eigenvalue weighted by Gasteiger charge is -2.27. The van der Waals surface area contributed by atoms with Crippen molar-refractivity contribution in [1.29, 1.82) is 0 Å².